The van der Waals surface area contributed by atoms with Crippen molar-refractivity contribution in [1.82, 2.24) is 20.1 Å². The Balaban J connectivity index is 2.17. The fraction of sp³-hybridized carbons (Fsp3) is 0.429. The van der Waals surface area contributed by atoms with Gasteiger partial charge in [-0.15, -0.1) is 10.2 Å². The largest absolute Gasteiger partial charge is 0.314 e. The minimum absolute atomic E-state index is 0.499. The van der Waals surface area contributed by atoms with Crippen LogP contribution in [0.4, 0.5) is 0 Å². The summed E-state index contributed by atoms with van der Waals surface area (Å²) in [4.78, 5) is 0. The molecule has 1 aromatic heterocycles. The maximum absolute atomic E-state index is 4.26. The molecule has 0 aliphatic carbocycles. The van der Waals surface area contributed by atoms with Gasteiger partial charge < -0.3 is 5.32 Å². The second-order valence-corrected chi connectivity index (χ2v) is 4.69. The fourth-order valence-corrected chi connectivity index (χ4v) is 1.95. The predicted octanol–water partition coefficient (Wildman–Crippen LogP) is 2.12. The molecule has 1 heterocycles. The number of rotatable bonds is 5. The minimum Gasteiger partial charge on any atom is -0.314 e. The summed E-state index contributed by atoms with van der Waals surface area (Å²) in [6.07, 6.45) is 0.883. The normalized spacial score (nSPS) is 11.1. The highest BCUT2D eigenvalue weighted by molar-refractivity contribution is 5.33. The lowest BCUT2D eigenvalue weighted by atomic mass is 10.3. The van der Waals surface area contributed by atoms with Gasteiger partial charge in [-0.1, -0.05) is 32.0 Å². The Morgan fingerprint density at radius 2 is 1.89 bits per heavy atom. The zero-order chi connectivity index (χ0) is 13.0. The number of aromatic nitrogens is 3. The van der Waals surface area contributed by atoms with Gasteiger partial charge in [-0.25, -0.2) is 0 Å². The maximum atomic E-state index is 4.26. The molecule has 0 amide bonds. The van der Waals surface area contributed by atoms with E-state index in [0.29, 0.717) is 6.04 Å². The molecular weight excluding hydrogens is 224 g/mol. The van der Waals surface area contributed by atoms with Crippen molar-refractivity contribution in [2.24, 2.45) is 0 Å². The molecule has 0 unspecified atom stereocenters. The predicted molar refractivity (Wildman–Crippen MR) is 72.9 cm³/mol. The van der Waals surface area contributed by atoms with Crippen molar-refractivity contribution in [3.05, 3.63) is 42.0 Å². The Labute approximate surface area is 108 Å². The summed E-state index contributed by atoms with van der Waals surface area (Å²) in [5.74, 6) is 1.94. The molecule has 2 aromatic rings. The van der Waals surface area contributed by atoms with E-state index in [0.717, 1.165) is 30.3 Å². The Kier molecular flexibility index (Phi) is 4.10. The van der Waals surface area contributed by atoms with E-state index in [1.54, 1.807) is 0 Å². The van der Waals surface area contributed by atoms with Gasteiger partial charge >= 0.3 is 0 Å². The van der Waals surface area contributed by atoms with Gasteiger partial charge in [0, 0.05) is 24.7 Å². The summed E-state index contributed by atoms with van der Waals surface area (Å²) in [5, 5.41) is 11.8. The third kappa shape index (κ3) is 2.96. The van der Waals surface area contributed by atoms with Crippen molar-refractivity contribution in [1.29, 1.82) is 0 Å². The second-order valence-electron chi connectivity index (χ2n) is 4.69. The molecule has 0 atom stereocenters. The Morgan fingerprint density at radius 1 is 1.17 bits per heavy atom. The smallest absolute Gasteiger partial charge is 0.138 e. The highest BCUT2D eigenvalue weighted by atomic mass is 15.3. The quantitative estimate of drug-likeness (QED) is 0.876. The van der Waals surface area contributed by atoms with E-state index in [1.807, 2.05) is 25.1 Å². The lowest BCUT2D eigenvalue weighted by Gasteiger charge is -2.10. The van der Waals surface area contributed by atoms with Crippen LogP contribution in [-0.2, 0) is 6.42 Å². The molecule has 0 saturated heterocycles. The molecule has 18 heavy (non-hydrogen) atoms. The first kappa shape index (κ1) is 12.8. The first-order valence-electron chi connectivity index (χ1n) is 6.38. The number of hydrogen-bond donors (Lipinski definition) is 1. The maximum Gasteiger partial charge on any atom is 0.138 e. The Bertz CT molecular complexity index is 488. The molecule has 0 bridgehead atoms. The van der Waals surface area contributed by atoms with Gasteiger partial charge in [-0.2, -0.15) is 0 Å². The van der Waals surface area contributed by atoms with Gasteiger partial charge in [-0.05, 0) is 19.1 Å². The van der Waals surface area contributed by atoms with Crippen LogP contribution in [0, 0.1) is 6.92 Å². The molecule has 4 nitrogen and oxygen atoms in total. The number of aryl methyl sites for hydroxylation is 1. The van der Waals surface area contributed by atoms with Crippen molar-refractivity contribution in [2.45, 2.75) is 33.2 Å². The average Bonchev–Trinajstić information content (AvgIpc) is 2.71. The van der Waals surface area contributed by atoms with Crippen LogP contribution in [0.25, 0.3) is 5.69 Å². The number of hydrogen-bond acceptors (Lipinski definition) is 3. The Hall–Kier alpha value is -1.68. The molecule has 0 aliphatic rings. The van der Waals surface area contributed by atoms with Crippen LogP contribution in [0.15, 0.2) is 30.3 Å². The van der Waals surface area contributed by atoms with Crippen molar-refractivity contribution in [3.63, 3.8) is 0 Å². The van der Waals surface area contributed by atoms with E-state index in [1.165, 1.54) is 0 Å². The van der Waals surface area contributed by atoms with Gasteiger partial charge in [0.1, 0.15) is 11.6 Å². The molecule has 96 valence electrons. The van der Waals surface area contributed by atoms with Crippen LogP contribution in [0.5, 0.6) is 0 Å². The first-order chi connectivity index (χ1) is 8.68. The van der Waals surface area contributed by atoms with Gasteiger partial charge in [0.15, 0.2) is 0 Å². The number of nitrogens with zero attached hydrogens (tertiary/aromatic N) is 3. The van der Waals surface area contributed by atoms with E-state index in [4.69, 9.17) is 0 Å². The molecule has 1 N–H and O–H groups in total. The topological polar surface area (TPSA) is 42.7 Å². The molecule has 2 rings (SSSR count). The van der Waals surface area contributed by atoms with Gasteiger partial charge in [-0.3, -0.25) is 4.57 Å². The Morgan fingerprint density at radius 3 is 2.56 bits per heavy atom. The van der Waals surface area contributed by atoms with Crippen LogP contribution in [0.2, 0.25) is 0 Å². The molecule has 4 heteroatoms. The highest BCUT2D eigenvalue weighted by Crippen LogP contribution is 2.12. The number of nitrogens with one attached hydrogen (secondary N) is 1. The minimum atomic E-state index is 0.499. The summed E-state index contributed by atoms with van der Waals surface area (Å²) < 4.78 is 2.11. The SMILES string of the molecule is Cc1nnc(CCNC(C)C)n1-c1ccccc1. The molecule has 0 spiro atoms. The van der Waals surface area contributed by atoms with Gasteiger partial charge in [0.05, 0.1) is 0 Å². The summed E-state index contributed by atoms with van der Waals surface area (Å²) in [6, 6.07) is 10.7. The van der Waals surface area contributed by atoms with Crippen molar-refractivity contribution in [3.8, 4) is 5.69 Å². The van der Waals surface area contributed by atoms with Gasteiger partial charge in [0.2, 0.25) is 0 Å². The summed E-state index contributed by atoms with van der Waals surface area (Å²) in [5.41, 5.74) is 1.12. The van der Waals surface area contributed by atoms with Crippen LogP contribution < -0.4 is 5.32 Å². The monoisotopic (exact) mass is 244 g/mol. The van der Waals surface area contributed by atoms with E-state index in [9.17, 15) is 0 Å². The van der Waals surface area contributed by atoms with Crippen LogP contribution in [-0.4, -0.2) is 27.4 Å². The number of para-hydroxylation sites is 1. The lowest BCUT2D eigenvalue weighted by molar-refractivity contribution is 0.580. The number of benzene rings is 1. The zero-order valence-corrected chi connectivity index (χ0v) is 11.2. The van der Waals surface area contributed by atoms with E-state index in [-0.39, 0.29) is 0 Å². The second kappa shape index (κ2) is 5.78. The molecule has 1 aromatic carbocycles. The van der Waals surface area contributed by atoms with Crippen LogP contribution >= 0.6 is 0 Å². The van der Waals surface area contributed by atoms with Crippen LogP contribution in [0.1, 0.15) is 25.5 Å². The van der Waals surface area contributed by atoms with Crippen molar-refractivity contribution >= 4 is 0 Å². The average molecular weight is 244 g/mol. The molecule has 0 aliphatic heterocycles. The van der Waals surface area contributed by atoms with Crippen molar-refractivity contribution in [2.75, 3.05) is 6.54 Å². The fourth-order valence-electron chi connectivity index (χ4n) is 1.95. The van der Waals surface area contributed by atoms with Crippen molar-refractivity contribution < 1.29 is 0 Å². The summed E-state index contributed by atoms with van der Waals surface area (Å²) in [6.45, 7) is 7.20. The standard InChI is InChI=1S/C14H20N4/c1-11(2)15-10-9-14-17-16-12(3)18(14)13-7-5-4-6-8-13/h4-8,11,15H,9-10H2,1-3H3. The highest BCUT2D eigenvalue weighted by Gasteiger charge is 2.09. The third-order valence-corrected chi connectivity index (χ3v) is 2.81. The third-order valence-electron chi connectivity index (χ3n) is 2.81. The van der Waals surface area contributed by atoms with Gasteiger partial charge in [0.25, 0.3) is 0 Å². The molecule has 0 saturated carbocycles. The summed E-state index contributed by atoms with van der Waals surface area (Å²) >= 11 is 0. The lowest BCUT2D eigenvalue weighted by Crippen LogP contribution is -2.25. The van der Waals surface area contributed by atoms with E-state index < -0.39 is 0 Å². The molecular formula is C14H20N4. The first-order valence-corrected chi connectivity index (χ1v) is 6.38. The zero-order valence-electron chi connectivity index (χ0n) is 11.2. The van der Waals surface area contributed by atoms with E-state index in [2.05, 4.69) is 46.1 Å². The van der Waals surface area contributed by atoms with Crippen LogP contribution in [0.3, 0.4) is 0 Å². The molecule has 0 radical (unpaired) electrons. The summed E-state index contributed by atoms with van der Waals surface area (Å²) in [7, 11) is 0. The van der Waals surface area contributed by atoms with E-state index >= 15 is 0 Å². The molecule has 0 fully saturated rings.